The van der Waals surface area contributed by atoms with Crippen LogP contribution in [0.2, 0.25) is 0 Å². The van der Waals surface area contributed by atoms with Crippen LogP contribution in [0.4, 0.5) is 11.5 Å². The third kappa shape index (κ3) is 3.35. The van der Waals surface area contributed by atoms with Gasteiger partial charge in [0, 0.05) is 23.7 Å². The van der Waals surface area contributed by atoms with Crippen LogP contribution < -0.4 is 10.2 Å². The Balaban J connectivity index is 1.53. The van der Waals surface area contributed by atoms with Crippen LogP contribution in [0.1, 0.15) is 17.7 Å². The highest BCUT2D eigenvalue weighted by Gasteiger charge is 2.27. The van der Waals surface area contributed by atoms with Crippen molar-refractivity contribution in [3.8, 4) is 0 Å². The first kappa shape index (κ1) is 16.0. The summed E-state index contributed by atoms with van der Waals surface area (Å²) in [5.41, 5.74) is 0.850. The molecule has 6 heteroatoms. The fourth-order valence-corrected chi connectivity index (χ4v) is 4.21. The number of rotatable bonds is 3. The zero-order chi connectivity index (χ0) is 17.2. The SMILES string of the molecule is Cc1cc2c(N3CCCC(C(=O)Nc4ccccc4)C3)ncnc2s1. The second kappa shape index (κ2) is 6.80. The summed E-state index contributed by atoms with van der Waals surface area (Å²) in [5.74, 6) is 1.01. The van der Waals surface area contributed by atoms with E-state index in [2.05, 4.69) is 33.2 Å². The molecule has 0 spiro atoms. The van der Waals surface area contributed by atoms with Crippen LogP contribution in [-0.2, 0) is 4.79 Å². The Morgan fingerprint density at radius 2 is 2.12 bits per heavy atom. The first-order valence-electron chi connectivity index (χ1n) is 8.53. The Morgan fingerprint density at radius 3 is 2.96 bits per heavy atom. The lowest BCUT2D eigenvalue weighted by molar-refractivity contribution is -0.120. The van der Waals surface area contributed by atoms with Crippen molar-refractivity contribution in [1.29, 1.82) is 0 Å². The molecule has 0 saturated carbocycles. The Labute approximate surface area is 150 Å². The molecule has 3 heterocycles. The summed E-state index contributed by atoms with van der Waals surface area (Å²) in [4.78, 5) is 26.0. The summed E-state index contributed by atoms with van der Waals surface area (Å²) in [6.07, 6.45) is 3.52. The number of aryl methyl sites for hydroxylation is 1. The first-order valence-corrected chi connectivity index (χ1v) is 9.34. The number of aromatic nitrogens is 2. The van der Waals surface area contributed by atoms with Crippen molar-refractivity contribution in [3.63, 3.8) is 0 Å². The molecule has 1 fully saturated rings. The van der Waals surface area contributed by atoms with Crippen LogP contribution in [0, 0.1) is 12.8 Å². The van der Waals surface area contributed by atoms with Gasteiger partial charge in [-0.25, -0.2) is 9.97 Å². The molecule has 1 unspecified atom stereocenters. The van der Waals surface area contributed by atoms with Gasteiger partial charge in [-0.15, -0.1) is 11.3 Å². The highest BCUT2D eigenvalue weighted by molar-refractivity contribution is 7.18. The molecule has 0 radical (unpaired) electrons. The number of nitrogens with one attached hydrogen (secondary N) is 1. The fraction of sp³-hybridized carbons (Fsp3) is 0.316. The van der Waals surface area contributed by atoms with Gasteiger partial charge in [0.1, 0.15) is 17.0 Å². The molecule has 5 nitrogen and oxygen atoms in total. The van der Waals surface area contributed by atoms with Gasteiger partial charge >= 0.3 is 0 Å². The van der Waals surface area contributed by atoms with Crippen LogP contribution in [-0.4, -0.2) is 29.0 Å². The van der Waals surface area contributed by atoms with E-state index in [0.29, 0.717) is 6.54 Å². The lowest BCUT2D eigenvalue weighted by Crippen LogP contribution is -2.41. The van der Waals surface area contributed by atoms with Crippen molar-refractivity contribution >= 4 is 39.0 Å². The van der Waals surface area contributed by atoms with Crippen LogP contribution in [0.15, 0.2) is 42.7 Å². The molecule has 1 amide bonds. The minimum absolute atomic E-state index is 0.0290. The van der Waals surface area contributed by atoms with E-state index in [9.17, 15) is 4.79 Å². The van der Waals surface area contributed by atoms with Crippen LogP contribution in [0.25, 0.3) is 10.2 Å². The van der Waals surface area contributed by atoms with Gasteiger partial charge in [0.15, 0.2) is 0 Å². The fourth-order valence-electron chi connectivity index (χ4n) is 3.36. The number of nitrogens with zero attached hydrogens (tertiary/aromatic N) is 3. The Morgan fingerprint density at radius 1 is 1.28 bits per heavy atom. The maximum Gasteiger partial charge on any atom is 0.229 e. The molecule has 1 aromatic carbocycles. The largest absolute Gasteiger partial charge is 0.355 e. The molecule has 25 heavy (non-hydrogen) atoms. The number of piperidine rings is 1. The summed E-state index contributed by atoms with van der Waals surface area (Å²) in [6.45, 7) is 3.71. The number of carbonyl (C=O) groups excluding carboxylic acids is 1. The third-order valence-electron chi connectivity index (χ3n) is 4.56. The average molecular weight is 352 g/mol. The van der Waals surface area contributed by atoms with Crippen molar-refractivity contribution in [2.24, 2.45) is 5.92 Å². The van der Waals surface area contributed by atoms with Gasteiger partial charge in [-0.2, -0.15) is 0 Å². The molecule has 0 bridgehead atoms. The highest BCUT2D eigenvalue weighted by Crippen LogP contribution is 2.32. The van der Waals surface area contributed by atoms with Crippen molar-refractivity contribution in [3.05, 3.63) is 47.6 Å². The Bertz CT molecular complexity index is 893. The van der Waals surface area contributed by atoms with Crippen molar-refractivity contribution < 1.29 is 4.79 Å². The number of para-hydroxylation sites is 1. The monoisotopic (exact) mass is 352 g/mol. The van der Waals surface area contributed by atoms with Gasteiger partial charge in [-0.05, 0) is 38.0 Å². The molecule has 1 aliphatic heterocycles. The second-order valence-corrected chi connectivity index (χ2v) is 7.65. The number of fused-ring (bicyclic) bond motifs is 1. The number of thiophene rings is 1. The molecule has 4 rings (SSSR count). The van der Waals surface area contributed by atoms with Crippen molar-refractivity contribution in [2.75, 3.05) is 23.3 Å². The number of amides is 1. The predicted octanol–water partition coefficient (Wildman–Crippen LogP) is 3.85. The van der Waals surface area contributed by atoms with Crippen molar-refractivity contribution in [2.45, 2.75) is 19.8 Å². The Hall–Kier alpha value is -2.47. The number of hydrogen-bond donors (Lipinski definition) is 1. The van der Waals surface area contributed by atoms with Gasteiger partial charge < -0.3 is 10.2 Å². The number of benzene rings is 1. The standard InChI is InChI=1S/C19H20N4OS/c1-13-10-16-17(20-12-21-19(16)25-13)23-9-5-6-14(11-23)18(24)22-15-7-3-2-4-8-15/h2-4,7-8,10,12,14H,5-6,9,11H2,1H3,(H,22,24). The zero-order valence-corrected chi connectivity index (χ0v) is 14.9. The van der Waals surface area contributed by atoms with E-state index in [1.54, 1.807) is 17.7 Å². The summed E-state index contributed by atoms with van der Waals surface area (Å²) in [7, 11) is 0. The molecule has 1 aliphatic rings. The van der Waals surface area contributed by atoms with Crippen LogP contribution in [0.3, 0.4) is 0 Å². The smallest absolute Gasteiger partial charge is 0.229 e. The summed E-state index contributed by atoms with van der Waals surface area (Å²) in [5, 5.41) is 4.12. The maximum atomic E-state index is 12.6. The molecule has 2 aromatic heterocycles. The van der Waals surface area contributed by atoms with Crippen LogP contribution >= 0.6 is 11.3 Å². The molecule has 0 aliphatic carbocycles. The molecule has 1 saturated heterocycles. The molecular formula is C19H20N4OS. The van der Waals surface area contributed by atoms with E-state index >= 15 is 0 Å². The minimum atomic E-state index is -0.0290. The van der Waals surface area contributed by atoms with E-state index < -0.39 is 0 Å². The van der Waals surface area contributed by atoms with E-state index in [4.69, 9.17) is 0 Å². The zero-order valence-electron chi connectivity index (χ0n) is 14.1. The van der Waals surface area contributed by atoms with Crippen LogP contribution in [0.5, 0.6) is 0 Å². The summed E-state index contributed by atoms with van der Waals surface area (Å²) >= 11 is 1.68. The van der Waals surface area contributed by atoms with Gasteiger partial charge in [0.2, 0.25) is 5.91 Å². The highest BCUT2D eigenvalue weighted by atomic mass is 32.1. The molecule has 128 valence electrons. The molecule has 3 aromatic rings. The number of carbonyl (C=O) groups is 1. The molecular weight excluding hydrogens is 332 g/mol. The predicted molar refractivity (Wildman–Crippen MR) is 102 cm³/mol. The first-order chi connectivity index (χ1) is 12.2. The van der Waals surface area contributed by atoms with Gasteiger partial charge in [-0.1, -0.05) is 18.2 Å². The summed E-state index contributed by atoms with van der Waals surface area (Å²) < 4.78 is 0. The third-order valence-corrected chi connectivity index (χ3v) is 5.52. The molecule has 1 atom stereocenters. The van der Waals surface area contributed by atoms with E-state index in [-0.39, 0.29) is 11.8 Å². The average Bonchev–Trinajstić information content (AvgIpc) is 3.03. The lowest BCUT2D eigenvalue weighted by atomic mass is 9.97. The van der Waals surface area contributed by atoms with Gasteiger partial charge in [0.25, 0.3) is 0 Å². The molecule has 1 N–H and O–H groups in total. The van der Waals surface area contributed by atoms with Crippen molar-refractivity contribution in [1.82, 2.24) is 9.97 Å². The normalized spacial score (nSPS) is 17.6. The number of hydrogen-bond acceptors (Lipinski definition) is 5. The van der Waals surface area contributed by atoms with Gasteiger partial charge in [0.05, 0.1) is 11.3 Å². The number of anilines is 2. The topological polar surface area (TPSA) is 58.1 Å². The Kier molecular flexibility index (Phi) is 4.36. The van der Waals surface area contributed by atoms with E-state index in [1.165, 1.54) is 4.88 Å². The lowest BCUT2D eigenvalue weighted by Gasteiger charge is -2.33. The van der Waals surface area contributed by atoms with Gasteiger partial charge in [-0.3, -0.25) is 4.79 Å². The minimum Gasteiger partial charge on any atom is -0.355 e. The second-order valence-electron chi connectivity index (χ2n) is 6.41. The van der Waals surface area contributed by atoms with E-state index in [1.807, 2.05) is 30.3 Å². The quantitative estimate of drug-likeness (QED) is 0.778. The summed E-state index contributed by atoms with van der Waals surface area (Å²) in [6, 6.07) is 11.8. The van der Waals surface area contributed by atoms with E-state index in [0.717, 1.165) is 41.1 Å². The maximum absolute atomic E-state index is 12.6.